The molecule has 0 saturated heterocycles. The first-order valence-corrected chi connectivity index (χ1v) is 9.15. The van der Waals surface area contributed by atoms with E-state index in [0.29, 0.717) is 17.5 Å². The largest absolute Gasteiger partial charge is 0.396 e. The van der Waals surface area contributed by atoms with E-state index in [9.17, 15) is 10.1 Å². The molecule has 0 aromatic heterocycles. The van der Waals surface area contributed by atoms with Gasteiger partial charge in [0.15, 0.2) is 0 Å². The Morgan fingerprint density at radius 1 is 1.36 bits per heavy atom. The summed E-state index contributed by atoms with van der Waals surface area (Å²) < 4.78 is 0.975. The lowest BCUT2D eigenvalue weighted by Gasteiger charge is -2.45. The molecule has 2 unspecified atom stereocenters. The normalized spacial score (nSPS) is 30.1. The van der Waals surface area contributed by atoms with Gasteiger partial charge in [0.25, 0.3) is 6.04 Å². The van der Waals surface area contributed by atoms with Gasteiger partial charge in [0, 0.05) is 9.41 Å². The third-order valence-electron chi connectivity index (χ3n) is 5.35. The van der Waals surface area contributed by atoms with Crippen LogP contribution in [-0.2, 0) is 0 Å². The van der Waals surface area contributed by atoms with Gasteiger partial charge in [-0.05, 0) is 49.7 Å². The van der Waals surface area contributed by atoms with Crippen molar-refractivity contribution < 1.29 is 4.92 Å². The minimum Gasteiger partial charge on any atom is -0.396 e. The topological polar surface area (TPSA) is 69.2 Å². The van der Waals surface area contributed by atoms with Crippen LogP contribution in [0.4, 0.5) is 0 Å². The molecule has 2 aliphatic rings. The summed E-state index contributed by atoms with van der Waals surface area (Å²) in [4.78, 5) is 11.7. The van der Waals surface area contributed by atoms with Crippen molar-refractivity contribution in [2.75, 3.05) is 0 Å². The van der Waals surface area contributed by atoms with Gasteiger partial charge in [0.2, 0.25) is 0 Å². The van der Waals surface area contributed by atoms with Crippen molar-refractivity contribution >= 4 is 15.9 Å². The number of nitro groups is 1. The minimum atomic E-state index is -0.797. The van der Waals surface area contributed by atoms with E-state index in [2.05, 4.69) is 29.8 Å². The molecule has 0 bridgehead atoms. The zero-order valence-corrected chi connectivity index (χ0v) is 15.1. The molecule has 0 heterocycles. The number of rotatable bonds is 5. The molecule has 0 amide bonds. The van der Waals surface area contributed by atoms with Gasteiger partial charge in [-0.25, -0.2) is 0 Å². The van der Waals surface area contributed by atoms with Gasteiger partial charge >= 0.3 is 0 Å². The third-order valence-corrected chi connectivity index (χ3v) is 6.35. The van der Waals surface area contributed by atoms with Crippen LogP contribution in [0.5, 0.6) is 0 Å². The molecule has 2 aliphatic carbocycles. The summed E-state index contributed by atoms with van der Waals surface area (Å²) in [6.45, 7) is 4.35. The summed E-state index contributed by atoms with van der Waals surface area (Å²) >= 11 is 3.69. The average Bonchev–Trinajstić information content (AvgIpc) is 2.48. The number of hydrogen-bond acceptors (Lipinski definition) is 3. The lowest BCUT2D eigenvalue weighted by Crippen LogP contribution is -2.51. The van der Waals surface area contributed by atoms with Crippen molar-refractivity contribution in [1.29, 1.82) is 0 Å². The monoisotopic (exact) mass is 370 g/mol. The molecule has 0 radical (unpaired) electrons. The van der Waals surface area contributed by atoms with Crippen LogP contribution < -0.4 is 5.73 Å². The standard InChI is InChI=1S/C17H27BrN2O2/c1-12(2)10-11-17(13-6-4-3-5-7-13)15(18)9-8-14(19)16(17)20(21)22/h8-9,12-13,16H,3-7,10-11,19H2,1-2H3. The molecule has 2 rings (SSSR count). The molecule has 5 heteroatoms. The van der Waals surface area contributed by atoms with E-state index in [-0.39, 0.29) is 4.92 Å². The highest BCUT2D eigenvalue weighted by molar-refractivity contribution is 9.11. The Hall–Kier alpha value is -0.840. The fraction of sp³-hybridized carbons (Fsp3) is 0.765. The van der Waals surface area contributed by atoms with Crippen LogP contribution in [0.15, 0.2) is 22.3 Å². The molecule has 0 aliphatic heterocycles. The summed E-state index contributed by atoms with van der Waals surface area (Å²) in [5.41, 5.74) is 6.02. The van der Waals surface area contributed by atoms with Crippen LogP contribution in [0.3, 0.4) is 0 Å². The lowest BCUT2D eigenvalue weighted by molar-refractivity contribution is -0.532. The van der Waals surface area contributed by atoms with Crippen molar-refractivity contribution in [3.63, 3.8) is 0 Å². The van der Waals surface area contributed by atoms with Crippen LogP contribution in [0.2, 0.25) is 0 Å². The van der Waals surface area contributed by atoms with E-state index < -0.39 is 11.5 Å². The maximum Gasteiger partial charge on any atom is 0.262 e. The van der Waals surface area contributed by atoms with E-state index in [1.54, 1.807) is 6.08 Å². The van der Waals surface area contributed by atoms with Crippen molar-refractivity contribution in [2.24, 2.45) is 23.0 Å². The molecule has 0 spiro atoms. The second-order valence-electron chi connectivity index (χ2n) is 7.18. The van der Waals surface area contributed by atoms with Gasteiger partial charge in [-0.3, -0.25) is 10.1 Å². The van der Waals surface area contributed by atoms with E-state index in [4.69, 9.17) is 5.73 Å². The fourth-order valence-electron chi connectivity index (χ4n) is 4.18. The number of nitrogens with zero attached hydrogens (tertiary/aromatic N) is 1. The number of hydrogen-bond donors (Lipinski definition) is 1. The number of nitrogens with two attached hydrogens (primary N) is 1. The van der Waals surface area contributed by atoms with Gasteiger partial charge in [-0.15, -0.1) is 0 Å². The highest BCUT2D eigenvalue weighted by atomic mass is 79.9. The van der Waals surface area contributed by atoms with Crippen molar-refractivity contribution in [3.05, 3.63) is 32.4 Å². The first-order chi connectivity index (χ1) is 10.4. The van der Waals surface area contributed by atoms with Gasteiger partial charge in [-0.1, -0.05) is 49.0 Å². The van der Waals surface area contributed by atoms with E-state index in [1.807, 2.05) is 6.08 Å². The summed E-state index contributed by atoms with van der Waals surface area (Å²) in [7, 11) is 0. The van der Waals surface area contributed by atoms with Gasteiger partial charge in [0.1, 0.15) is 0 Å². The zero-order chi connectivity index (χ0) is 16.3. The predicted molar refractivity (Wildman–Crippen MR) is 93.1 cm³/mol. The first kappa shape index (κ1) is 17.5. The lowest BCUT2D eigenvalue weighted by atomic mass is 9.60. The zero-order valence-electron chi connectivity index (χ0n) is 13.6. The van der Waals surface area contributed by atoms with Gasteiger partial charge < -0.3 is 5.73 Å². The fourth-order valence-corrected chi connectivity index (χ4v) is 5.05. The Morgan fingerprint density at radius 3 is 2.55 bits per heavy atom. The summed E-state index contributed by atoms with van der Waals surface area (Å²) in [6.07, 6.45) is 11.2. The van der Waals surface area contributed by atoms with Crippen molar-refractivity contribution in [2.45, 2.75) is 64.8 Å². The molecule has 1 fully saturated rings. The predicted octanol–water partition coefficient (Wildman–Crippen LogP) is 4.77. The van der Waals surface area contributed by atoms with Crippen LogP contribution in [-0.4, -0.2) is 11.0 Å². The van der Waals surface area contributed by atoms with Crippen molar-refractivity contribution in [1.82, 2.24) is 0 Å². The van der Waals surface area contributed by atoms with E-state index in [1.165, 1.54) is 19.3 Å². The summed E-state index contributed by atoms with van der Waals surface area (Å²) in [5, 5.41) is 11.8. The highest BCUT2D eigenvalue weighted by Crippen LogP contribution is 2.55. The first-order valence-electron chi connectivity index (χ1n) is 8.36. The second kappa shape index (κ2) is 7.16. The molecular weight excluding hydrogens is 344 g/mol. The van der Waals surface area contributed by atoms with Crippen LogP contribution in [0, 0.1) is 27.4 Å². The molecule has 4 nitrogen and oxygen atoms in total. The Bertz CT molecular complexity index is 481. The molecular formula is C17H27BrN2O2. The molecule has 2 atom stereocenters. The van der Waals surface area contributed by atoms with E-state index >= 15 is 0 Å². The number of halogens is 1. The molecule has 0 aromatic rings. The maximum atomic E-state index is 11.8. The molecule has 2 N–H and O–H groups in total. The molecule has 1 saturated carbocycles. The van der Waals surface area contributed by atoms with E-state index in [0.717, 1.165) is 30.2 Å². The van der Waals surface area contributed by atoms with Crippen LogP contribution in [0.25, 0.3) is 0 Å². The smallest absolute Gasteiger partial charge is 0.262 e. The van der Waals surface area contributed by atoms with Crippen molar-refractivity contribution in [3.8, 4) is 0 Å². The van der Waals surface area contributed by atoms with Gasteiger partial charge in [0.05, 0.1) is 11.1 Å². The Morgan fingerprint density at radius 2 is 2.00 bits per heavy atom. The quantitative estimate of drug-likeness (QED) is 0.559. The van der Waals surface area contributed by atoms with Gasteiger partial charge in [-0.2, -0.15) is 0 Å². The van der Waals surface area contributed by atoms with Crippen LogP contribution in [0.1, 0.15) is 58.8 Å². The highest BCUT2D eigenvalue weighted by Gasteiger charge is 2.56. The molecule has 124 valence electrons. The number of allylic oxidation sites excluding steroid dienone is 2. The third kappa shape index (κ3) is 3.24. The maximum absolute atomic E-state index is 11.8. The Kier molecular flexibility index (Phi) is 5.70. The average molecular weight is 371 g/mol. The molecule has 22 heavy (non-hydrogen) atoms. The SMILES string of the molecule is CC(C)CCC1(C2CCCCC2)C(Br)=CC=C(N)C1[N+](=O)[O-]. The Balaban J connectivity index is 2.45. The summed E-state index contributed by atoms with van der Waals surface area (Å²) in [5.74, 6) is 0.869. The molecule has 0 aromatic carbocycles. The Labute approximate surface area is 141 Å². The van der Waals surface area contributed by atoms with Crippen LogP contribution >= 0.6 is 15.9 Å². The minimum absolute atomic E-state index is 0.158. The second-order valence-corrected chi connectivity index (χ2v) is 8.03. The summed E-state index contributed by atoms with van der Waals surface area (Å²) in [6, 6.07) is -0.797.